The van der Waals surface area contributed by atoms with Crippen LogP contribution in [0.3, 0.4) is 0 Å². The van der Waals surface area contributed by atoms with Gasteiger partial charge in [-0.25, -0.2) is 9.97 Å². The lowest BCUT2D eigenvalue weighted by atomic mass is 10.1. The van der Waals surface area contributed by atoms with Gasteiger partial charge in [-0.1, -0.05) is 30.3 Å². The van der Waals surface area contributed by atoms with Crippen molar-refractivity contribution >= 4 is 5.91 Å². The van der Waals surface area contributed by atoms with Crippen LogP contribution < -0.4 is 0 Å². The summed E-state index contributed by atoms with van der Waals surface area (Å²) in [4.78, 5) is 23.1. The van der Waals surface area contributed by atoms with Gasteiger partial charge in [-0.3, -0.25) is 4.79 Å². The molecule has 1 aliphatic rings. The van der Waals surface area contributed by atoms with Gasteiger partial charge in [-0.15, -0.1) is 0 Å². The summed E-state index contributed by atoms with van der Waals surface area (Å²) in [6.07, 6.45) is 5.78. The van der Waals surface area contributed by atoms with Gasteiger partial charge < -0.3 is 13.9 Å². The third-order valence-electron chi connectivity index (χ3n) is 4.54. The van der Waals surface area contributed by atoms with Gasteiger partial charge in [0.25, 0.3) is 5.91 Å². The Labute approximate surface area is 146 Å². The number of aromatic nitrogens is 3. The first-order chi connectivity index (χ1) is 12.2. The fourth-order valence-electron chi connectivity index (χ4n) is 3.14. The van der Waals surface area contributed by atoms with Gasteiger partial charge >= 0.3 is 0 Å². The number of nitrogens with zero attached hydrogens (tertiary/aromatic N) is 4. The minimum atomic E-state index is -0.0630. The Morgan fingerprint density at radius 3 is 2.84 bits per heavy atom. The monoisotopic (exact) mass is 336 g/mol. The van der Waals surface area contributed by atoms with Crippen LogP contribution in [-0.2, 0) is 32.9 Å². The normalized spacial score (nSPS) is 13.7. The van der Waals surface area contributed by atoms with Crippen molar-refractivity contribution in [1.29, 1.82) is 0 Å². The summed E-state index contributed by atoms with van der Waals surface area (Å²) in [7, 11) is 1.83. The maximum atomic E-state index is 12.6. The summed E-state index contributed by atoms with van der Waals surface area (Å²) < 4.78 is 7.64. The molecule has 1 aliphatic heterocycles. The fraction of sp³-hybridized carbons (Fsp3) is 0.316. The average molecular weight is 336 g/mol. The highest BCUT2D eigenvalue weighted by Crippen LogP contribution is 2.22. The van der Waals surface area contributed by atoms with Crippen molar-refractivity contribution in [2.75, 3.05) is 6.54 Å². The first-order valence-corrected chi connectivity index (χ1v) is 8.48. The molecule has 0 fully saturated rings. The Morgan fingerprint density at radius 2 is 2.08 bits per heavy atom. The van der Waals surface area contributed by atoms with Crippen LogP contribution in [0.25, 0.3) is 0 Å². The molecule has 6 nitrogen and oxygen atoms in total. The molecule has 0 saturated carbocycles. The predicted molar refractivity (Wildman–Crippen MR) is 92.0 cm³/mol. The molecular formula is C19H20N4O2. The first kappa shape index (κ1) is 15.6. The summed E-state index contributed by atoms with van der Waals surface area (Å²) in [5.74, 6) is 2.05. The van der Waals surface area contributed by atoms with Crippen LogP contribution in [0.4, 0.5) is 0 Å². The molecular weight excluding hydrogens is 316 g/mol. The van der Waals surface area contributed by atoms with E-state index in [4.69, 9.17) is 4.42 Å². The molecule has 0 atom stereocenters. The molecule has 3 aromatic rings. The Kier molecular flexibility index (Phi) is 4.09. The number of carbonyl (C=O) groups excluding carboxylic acids is 1. The molecule has 1 amide bonds. The minimum absolute atomic E-state index is 0.0630. The predicted octanol–water partition coefficient (Wildman–Crippen LogP) is 2.39. The summed E-state index contributed by atoms with van der Waals surface area (Å²) in [5.41, 5.74) is 2.14. The Hall–Kier alpha value is -2.89. The number of benzene rings is 1. The smallest absolute Gasteiger partial charge is 0.290 e. The van der Waals surface area contributed by atoms with Crippen LogP contribution in [0, 0.1) is 0 Å². The van der Waals surface area contributed by atoms with Crippen molar-refractivity contribution < 1.29 is 9.21 Å². The Morgan fingerprint density at radius 1 is 1.24 bits per heavy atom. The highest BCUT2D eigenvalue weighted by atomic mass is 16.4. The zero-order valence-electron chi connectivity index (χ0n) is 14.2. The summed E-state index contributed by atoms with van der Waals surface area (Å²) in [5, 5.41) is 0. The second kappa shape index (κ2) is 6.55. The molecule has 0 radical (unpaired) electrons. The fourth-order valence-corrected chi connectivity index (χ4v) is 3.14. The molecule has 4 rings (SSSR count). The van der Waals surface area contributed by atoms with E-state index in [1.54, 1.807) is 21.9 Å². The third kappa shape index (κ3) is 3.20. The number of oxazole rings is 1. The molecule has 0 spiro atoms. The maximum Gasteiger partial charge on any atom is 0.290 e. The van der Waals surface area contributed by atoms with Crippen LogP contribution in [0.5, 0.6) is 0 Å². The Balaban J connectivity index is 1.44. The lowest BCUT2D eigenvalue weighted by molar-refractivity contribution is 0.0712. The number of amides is 1. The molecule has 0 saturated heterocycles. The molecule has 0 aliphatic carbocycles. The van der Waals surface area contributed by atoms with E-state index in [1.807, 2.05) is 25.2 Å². The first-order valence-electron chi connectivity index (χ1n) is 8.48. The van der Waals surface area contributed by atoms with Gasteiger partial charge in [0, 0.05) is 38.8 Å². The maximum absolute atomic E-state index is 12.6. The van der Waals surface area contributed by atoms with Crippen molar-refractivity contribution in [2.45, 2.75) is 25.8 Å². The van der Waals surface area contributed by atoms with E-state index >= 15 is 0 Å². The van der Waals surface area contributed by atoms with E-state index in [2.05, 4.69) is 22.1 Å². The lowest BCUT2D eigenvalue weighted by Gasteiger charge is -2.24. The molecule has 3 heterocycles. The second-order valence-corrected chi connectivity index (χ2v) is 6.30. The number of hydrogen-bond acceptors (Lipinski definition) is 4. The summed E-state index contributed by atoms with van der Waals surface area (Å²) in [6.45, 7) is 1.11. The van der Waals surface area contributed by atoms with Crippen LogP contribution in [0.15, 0.2) is 47.1 Å². The van der Waals surface area contributed by atoms with E-state index in [0.717, 1.165) is 30.2 Å². The van der Waals surface area contributed by atoms with E-state index in [9.17, 15) is 4.79 Å². The SMILES string of the molecule is Cn1ccnc1C(=O)N1CCc2oc(CCc3ccccc3)nc2C1. The number of carbonyl (C=O) groups is 1. The van der Waals surface area contributed by atoms with Crippen molar-refractivity contribution in [3.05, 3.63) is 71.5 Å². The quantitative estimate of drug-likeness (QED) is 0.734. The number of rotatable bonds is 4. The molecule has 0 N–H and O–H groups in total. The second-order valence-electron chi connectivity index (χ2n) is 6.30. The molecule has 2 aromatic heterocycles. The highest BCUT2D eigenvalue weighted by Gasteiger charge is 2.27. The van der Waals surface area contributed by atoms with Gasteiger partial charge in [0.05, 0.1) is 6.54 Å². The molecule has 128 valence electrons. The zero-order chi connectivity index (χ0) is 17.2. The van der Waals surface area contributed by atoms with E-state index in [0.29, 0.717) is 25.3 Å². The van der Waals surface area contributed by atoms with Gasteiger partial charge in [0.1, 0.15) is 11.5 Å². The van der Waals surface area contributed by atoms with E-state index in [-0.39, 0.29) is 5.91 Å². The standard InChI is InChI=1S/C19H20N4O2/c1-22-12-10-20-18(22)19(24)23-11-9-16-15(13-23)21-17(25-16)8-7-14-5-3-2-4-6-14/h2-6,10,12H,7-9,11,13H2,1H3. The largest absolute Gasteiger partial charge is 0.445 e. The topological polar surface area (TPSA) is 64.2 Å². The molecule has 25 heavy (non-hydrogen) atoms. The van der Waals surface area contributed by atoms with Crippen molar-refractivity contribution in [1.82, 2.24) is 19.4 Å². The minimum Gasteiger partial charge on any atom is -0.445 e. The number of aryl methyl sites for hydroxylation is 3. The highest BCUT2D eigenvalue weighted by molar-refractivity contribution is 5.90. The van der Waals surface area contributed by atoms with Gasteiger partial charge in [0.15, 0.2) is 11.7 Å². The lowest BCUT2D eigenvalue weighted by Crippen LogP contribution is -2.37. The van der Waals surface area contributed by atoms with Crippen LogP contribution in [-0.4, -0.2) is 31.9 Å². The average Bonchev–Trinajstić information content (AvgIpc) is 3.25. The number of hydrogen-bond donors (Lipinski definition) is 0. The van der Waals surface area contributed by atoms with Crippen molar-refractivity contribution in [3.63, 3.8) is 0 Å². The number of fused-ring (bicyclic) bond motifs is 1. The van der Waals surface area contributed by atoms with Gasteiger partial charge in [-0.2, -0.15) is 0 Å². The molecule has 0 unspecified atom stereocenters. The molecule has 1 aromatic carbocycles. The Bertz CT molecular complexity index is 882. The molecule has 6 heteroatoms. The number of imidazole rings is 1. The molecule has 0 bridgehead atoms. The van der Waals surface area contributed by atoms with E-state index < -0.39 is 0 Å². The summed E-state index contributed by atoms with van der Waals surface area (Å²) >= 11 is 0. The zero-order valence-corrected chi connectivity index (χ0v) is 14.2. The summed E-state index contributed by atoms with van der Waals surface area (Å²) in [6, 6.07) is 10.3. The van der Waals surface area contributed by atoms with Crippen molar-refractivity contribution in [3.8, 4) is 0 Å². The third-order valence-corrected chi connectivity index (χ3v) is 4.54. The van der Waals surface area contributed by atoms with Crippen LogP contribution in [0.1, 0.15) is 33.5 Å². The van der Waals surface area contributed by atoms with Crippen LogP contribution >= 0.6 is 0 Å². The van der Waals surface area contributed by atoms with Gasteiger partial charge in [-0.05, 0) is 12.0 Å². The van der Waals surface area contributed by atoms with Crippen molar-refractivity contribution in [2.24, 2.45) is 7.05 Å². The van der Waals surface area contributed by atoms with Crippen LogP contribution in [0.2, 0.25) is 0 Å². The van der Waals surface area contributed by atoms with Gasteiger partial charge in [0.2, 0.25) is 0 Å². The van der Waals surface area contributed by atoms with E-state index in [1.165, 1.54) is 5.56 Å².